The molecule has 1 amide bonds. The Morgan fingerprint density at radius 2 is 2.31 bits per heavy atom. The number of benzene rings is 1. The lowest BCUT2D eigenvalue weighted by Gasteiger charge is -2.21. The van der Waals surface area contributed by atoms with E-state index in [1.165, 1.54) is 12.1 Å². The second-order valence-electron chi connectivity index (χ2n) is 4.08. The van der Waals surface area contributed by atoms with Gasteiger partial charge in [-0.05, 0) is 37.0 Å². The average Bonchev–Trinajstić information content (AvgIpc) is 2.27. The second kappa shape index (κ2) is 4.83. The zero-order valence-corrected chi connectivity index (χ0v) is 9.56. The Labute approximate surface area is 98.8 Å². The van der Waals surface area contributed by atoms with Gasteiger partial charge in [0.2, 0.25) is 5.91 Å². The van der Waals surface area contributed by atoms with Gasteiger partial charge in [0.15, 0.2) is 0 Å². The standard InChI is InChI=1S/C12H13ClFNO/c13-10-4-3-8(7-11(10)14)6-9-2-1-5-15-12(9)16/h3-4,7,9H,1-2,5-6H2,(H,15,16). The van der Waals surface area contributed by atoms with E-state index in [0.717, 1.165) is 24.9 Å². The third-order valence-electron chi connectivity index (χ3n) is 2.87. The third kappa shape index (κ3) is 2.53. The van der Waals surface area contributed by atoms with Gasteiger partial charge < -0.3 is 5.32 Å². The van der Waals surface area contributed by atoms with Gasteiger partial charge in [0.25, 0.3) is 0 Å². The Hall–Kier alpha value is -1.09. The number of hydrogen-bond acceptors (Lipinski definition) is 1. The Kier molecular flexibility index (Phi) is 3.44. The summed E-state index contributed by atoms with van der Waals surface area (Å²) in [6.45, 7) is 0.754. The van der Waals surface area contributed by atoms with E-state index in [-0.39, 0.29) is 16.8 Å². The van der Waals surface area contributed by atoms with Crippen LogP contribution < -0.4 is 5.32 Å². The molecule has 1 aromatic rings. The molecular weight excluding hydrogens is 229 g/mol. The fraction of sp³-hybridized carbons (Fsp3) is 0.417. The highest BCUT2D eigenvalue weighted by Gasteiger charge is 2.22. The summed E-state index contributed by atoms with van der Waals surface area (Å²) in [6.07, 6.45) is 2.45. The van der Waals surface area contributed by atoms with E-state index in [9.17, 15) is 9.18 Å². The van der Waals surface area contributed by atoms with Crippen molar-refractivity contribution in [3.05, 3.63) is 34.6 Å². The van der Waals surface area contributed by atoms with Crippen molar-refractivity contribution in [1.82, 2.24) is 5.32 Å². The van der Waals surface area contributed by atoms with Gasteiger partial charge >= 0.3 is 0 Å². The van der Waals surface area contributed by atoms with Gasteiger partial charge in [-0.2, -0.15) is 0 Å². The molecule has 2 rings (SSSR count). The smallest absolute Gasteiger partial charge is 0.223 e. The molecule has 1 aromatic carbocycles. The minimum atomic E-state index is -0.421. The lowest BCUT2D eigenvalue weighted by Crippen LogP contribution is -2.37. The van der Waals surface area contributed by atoms with Crippen LogP contribution in [0.5, 0.6) is 0 Å². The Bertz CT molecular complexity index is 408. The van der Waals surface area contributed by atoms with Gasteiger partial charge in [0.1, 0.15) is 5.82 Å². The van der Waals surface area contributed by atoms with Gasteiger partial charge in [-0.1, -0.05) is 17.7 Å². The summed E-state index contributed by atoms with van der Waals surface area (Å²) >= 11 is 5.60. The van der Waals surface area contributed by atoms with Crippen LogP contribution in [0.4, 0.5) is 4.39 Å². The SMILES string of the molecule is O=C1NCCCC1Cc1ccc(Cl)c(F)c1. The predicted molar refractivity (Wildman–Crippen MR) is 60.8 cm³/mol. The van der Waals surface area contributed by atoms with Crippen LogP contribution in [0.1, 0.15) is 18.4 Å². The number of hydrogen-bond donors (Lipinski definition) is 1. The van der Waals surface area contributed by atoms with Crippen LogP contribution in [0.25, 0.3) is 0 Å². The van der Waals surface area contributed by atoms with E-state index in [0.29, 0.717) is 6.42 Å². The molecule has 1 heterocycles. The number of halogens is 2. The largest absolute Gasteiger partial charge is 0.356 e. The summed E-state index contributed by atoms with van der Waals surface area (Å²) in [5.41, 5.74) is 0.823. The molecule has 0 radical (unpaired) electrons. The van der Waals surface area contributed by atoms with Crippen LogP contribution in [-0.2, 0) is 11.2 Å². The van der Waals surface area contributed by atoms with Crippen LogP contribution in [-0.4, -0.2) is 12.5 Å². The molecule has 1 fully saturated rings. The summed E-state index contributed by atoms with van der Waals surface area (Å²) in [5.74, 6) is -0.383. The first-order valence-corrected chi connectivity index (χ1v) is 5.76. The molecule has 4 heteroatoms. The highest BCUT2D eigenvalue weighted by molar-refractivity contribution is 6.30. The maximum Gasteiger partial charge on any atom is 0.223 e. The number of piperidine rings is 1. The fourth-order valence-corrected chi connectivity index (χ4v) is 2.10. The number of rotatable bonds is 2. The summed E-state index contributed by atoms with van der Waals surface area (Å²) in [4.78, 5) is 11.5. The molecule has 1 atom stereocenters. The molecular formula is C12H13ClFNO. The minimum absolute atomic E-state index is 0.0330. The van der Waals surface area contributed by atoms with Crippen molar-refractivity contribution < 1.29 is 9.18 Å². The topological polar surface area (TPSA) is 29.1 Å². The van der Waals surface area contributed by atoms with Crippen molar-refractivity contribution in [2.24, 2.45) is 5.92 Å². The van der Waals surface area contributed by atoms with Crippen molar-refractivity contribution in [1.29, 1.82) is 0 Å². The maximum atomic E-state index is 13.2. The van der Waals surface area contributed by atoms with Crippen LogP contribution >= 0.6 is 11.6 Å². The first-order valence-electron chi connectivity index (χ1n) is 5.38. The molecule has 0 aromatic heterocycles. The summed E-state index contributed by atoms with van der Waals surface area (Å²) in [5, 5.41) is 2.94. The number of amides is 1. The number of carbonyl (C=O) groups excluding carboxylic acids is 1. The first-order chi connectivity index (χ1) is 7.66. The lowest BCUT2D eigenvalue weighted by molar-refractivity contribution is -0.126. The second-order valence-corrected chi connectivity index (χ2v) is 4.49. The van der Waals surface area contributed by atoms with Crippen LogP contribution in [0.3, 0.4) is 0 Å². The van der Waals surface area contributed by atoms with Crippen LogP contribution in [0, 0.1) is 11.7 Å². The number of carbonyl (C=O) groups is 1. The molecule has 0 spiro atoms. The first kappa shape index (κ1) is 11.4. The van der Waals surface area contributed by atoms with Crippen molar-refractivity contribution in [3.8, 4) is 0 Å². The van der Waals surface area contributed by atoms with Crippen LogP contribution in [0.2, 0.25) is 5.02 Å². The van der Waals surface area contributed by atoms with Crippen molar-refractivity contribution >= 4 is 17.5 Å². The Morgan fingerprint density at radius 3 is 3.00 bits per heavy atom. The Morgan fingerprint density at radius 1 is 1.50 bits per heavy atom. The van der Waals surface area contributed by atoms with Crippen LogP contribution in [0.15, 0.2) is 18.2 Å². The fourth-order valence-electron chi connectivity index (χ4n) is 1.98. The quantitative estimate of drug-likeness (QED) is 0.847. The summed E-state index contributed by atoms with van der Waals surface area (Å²) in [6, 6.07) is 4.71. The lowest BCUT2D eigenvalue weighted by atomic mass is 9.91. The van der Waals surface area contributed by atoms with Gasteiger partial charge in [0, 0.05) is 12.5 Å². The van der Waals surface area contributed by atoms with E-state index in [4.69, 9.17) is 11.6 Å². The number of nitrogens with one attached hydrogen (secondary N) is 1. The van der Waals surface area contributed by atoms with E-state index in [2.05, 4.69) is 5.32 Å². The Balaban J connectivity index is 2.08. The molecule has 1 aliphatic heterocycles. The summed E-state index contributed by atoms with van der Waals surface area (Å²) < 4.78 is 13.2. The highest BCUT2D eigenvalue weighted by Crippen LogP contribution is 2.21. The third-order valence-corrected chi connectivity index (χ3v) is 3.17. The monoisotopic (exact) mass is 241 g/mol. The van der Waals surface area contributed by atoms with Gasteiger partial charge in [-0.3, -0.25) is 4.79 Å². The van der Waals surface area contributed by atoms with Crippen molar-refractivity contribution in [3.63, 3.8) is 0 Å². The van der Waals surface area contributed by atoms with Crippen molar-refractivity contribution in [2.45, 2.75) is 19.3 Å². The van der Waals surface area contributed by atoms with E-state index < -0.39 is 5.82 Å². The summed E-state index contributed by atoms with van der Waals surface area (Å²) in [7, 11) is 0. The van der Waals surface area contributed by atoms with E-state index in [1.54, 1.807) is 6.07 Å². The zero-order chi connectivity index (χ0) is 11.5. The molecule has 2 nitrogen and oxygen atoms in total. The molecule has 1 unspecified atom stereocenters. The molecule has 1 N–H and O–H groups in total. The maximum absolute atomic E-state index is 13.2. The molecule has 1 aliphatic rings. The molecule has 1 saturated heterocycles. The molecule has 0 aliphatic carbocycles. The molecule has 16 heavy (non-hydrogen) atoms. The molecule has 0 saturated carbocycles. The van der Waals surface area contributed by atoms with Gasteiger partial charge in [0.05, 0.1) is 5.02 Å². The predicted octanol–water partition coefficient (Wildman–Crippen LogP) is 2.55. The molecule has 86 valence electrons. The molecule has 0 bridgehead atoms. The highest BCUT2D eigenvalue weighted by atomic mass is 35.5. The van der Waals surface area contributed by atoms with E-state index >= 15 is 0 Å². The minimum Gasteiger partial charge on any atom is -0.356 e. The zero-order valence-electron chi connectivity index (χ0n) is 8.80. The van der Waals surface area contributed by atoms with Gasteiger partial charge in [-0.25, -0.2) is 4.39 Å². The van der Waals surface area contributed by atoms with Crippen molar-refractivity contribution in [2.75, 3.05) is 6.54 Å². The average molecular weight is 242 g/mol. The van der Waals surface area contributed by atoms with E-state index in [1.807, 2.05) is 0 Å². The normalized spacial score (nSPS) is 20.6. The van der Waals surface area contributed by atoms with Gasteiger partial charge in [-0.15, -0.1) is 0 Å².